The molecule has 4 heteroatoms. The zero-order chi connectivity index (χ0) is 16.4. The highest BCUT2D eigenvalue weighted by Crippen LogP contribution is 2.43. The highest BCUT2D eigenvalue weighted by Gasteiger charge is 2.24. The normalized spacial score (nSPS) is 19.1. The van der Waals surface area contributed by atoms with Gasteiger partial charge >= 0.3 is 0 Å². The fourth-order valence-electron chi connectivity index (χ4n) is 2.55. The molecule has 118 valence electrons. The van der Waals surface area contributed by atoms with Crippen molar-refractivity contribution < 1.29 is 4.21 Å². The first-order valence-electron chi connectivity index (χ1n) is 7.62. The summed E-state index contributed by atoms with van der Waals surface area (Å²) >= 11 is 1.52. The van der Waals surface area contributed by atoms with Crippen LogP contribution in [0, 0.1) is 0 Å². The lowest BCUT2D eigenvalue weighted by atomic mass is 10.2. The van der Waals surface area contributed by atoms with E-state index in [0.29, 0.717) is 0 Å². The third-order valence-corrected chi connectivity index (χ3v) is 7.52. The van der Waals surface area contributed by atoms with Gasteiger partial charge in [0.2, 0.25) is 0 Å². The first-order chi connectivity index (χ1) is 11.8. The van der Waals surface area contributed by atoms with Crippen molar-refractivity contribution >= 4 is 33.3 Å². The largest absolute Gasteiger partial charge is 0.239 e. The monoisotopic (exact) mass is 349 g/mol. The first-order valence-corrected chi connectivity index (χ1v) is 9.95. The van der Waals surface area contributed by atoms with Gasteiger partial charge in [-0.1, -0.05) is 66.4 Å². The molecule has 0 aliphatic carbocycles. The van der Waals surface area contributed by atoms with Gasteiger partial charge in [-0.05, 0) is 36.4 Å². The minimum absolute atomic E-state index is 0.745. The molecule has 0 N–H and O–H groups in total. The maximum Gasteiger partial charge on any atom is 0.115 e. The Morgan fingerprint density at radius 2 is 1.38 bits per heavy atom. The molecule has 3 aromatic rings. The van der Waals surface area contributed by atoms with E-state index in [1.807, 2.05) is 91.0 Å². The van der Waals surface area contributed by atoms with Crippen molar-refractivity contribution in [1.29, 1.82) is 0 Å². The zero-order valence-electron chi connectivity index (χ0n) is 12.8. The van der Waals surface area contributed by atoms with Gasteiger partial charge in [0.15, 0.2) is 0 Å². The van der Waals surface area contributed by atoms with Crippen molar-refractivity contribution in [2.45, 2.75) is 9.79 Å². The van der Waals surface area contributed by atoms with Crippen molar-refractivity contribution in [1.82, 2.24) is 0 Å². The molecule has 0 saturated heterocycles. The summed E-state index contributed by atoms with van der Waals surface area (Å²) in [6, 6.07) is 27.3. The predicted octanol–water partition coefficient (Wildman–Crippen LogP) is 5.95. The summed E-state index contributed by atoms with van der Waals surface area (Å²) in [7, 11) is -2.67. The van der Waals surface area contributed by atoms with Gasteiger partial charge in [-0.2, -0.15) is 4.36 Å². The lowest BCUT2D eigenvalue weighted by Gasteiger charge is -2.19. The fraction of sp³-hybridized carbons (Fsp3) is 0. The molecule has 0 radical (unpaired) electrons. The van der Waals surface area contributed by atoms with Crippen LogP contribution in [0.3, 0.4) is 0 Å². The van der Waals surface area contributed by atoms with Crippen LogP contribution in [-0.2, 0) is 9.73 Å². The third kappa shape index (κ3) is 2.79. The van der Waals surface area contributed by atoms with Crippen LogP contribution in [0.4, 0.5) is 5.69 Å². The summed E-state index contributed by atoms with van der Waals surface area (Å²) in [5.74, 6) is 0. The van der Waals surface area contributed by atoms with Crippen molar-refractivity contribution in [2.24, 2.45) is 4.36 Å². The fourth-order valence-corrected chi connectivity index (χ4v) is 6.08. The Morgan fingerprint density at radius 3 is 2.12 bits per heavy atom. The summed E-state index contributed by atoms with van der Waals surface area (Å²) in [6.45, 7) is 0. The van der Waals surface area contributed by atoms with Crippen molar-refractivity contribution in [3.8, 4) is 0 Å². The summed E-state index contributed by atoms with van der Waals surface area (Å²) in [5.41, 5.74) is 1.79. The van der Waals surface area contributed by atoms with E-state index in [9.17, 15) is 4.21 Å². The number of benzene rings is 3. The summed E-state index contributed by atoms with van der Waals surface area (Å²) in [4.78, 5) is 1.80. The van der Waals surface area contributed by atoms with Crippen LogP contribution in [0.1, 0.15) is 5.56 Å². The lowest BCUT2D eigenvalue weighted by molar-refractivity contribution is 0.682. The third-order valence-electron chi connectivity index (χ3n) is 3.73. The minimum Gasteiger partial charge on any atom is -0.239 e. The highest BCUT2D eigenvalue weighted by atomic mass is 32.3. The van der Waals surface area contributed by atoms with Crippen molar-refractivity contribution in [3.05, 3.63) is 94.7 Å². The van der Waals surface area contributed by atoms with E-state index in [-0.39, 0.29) is 0 Å². The minimum atomic E-state index is -2.67. The number of hydrogen-bond donors (Lipinski definition) is 0. The van der Waals surface area contributed by atoms with E-state index in [2.05, 4.69) is 4.36 Å². The van der Waals surface area contributed by atoms with Gasteiger partial charge in [0.1, 0.15) is 9.73 Å². The van der Waals surface area contributed by atoms with Gasteiger partial charge in [-0.25, -0.2) is 4.21 Å². The van der Waals surface area contributed by atoms with Crippen molar-refractivity contribution in [3.63, 3.8) is 0 Å². The molecular formula is C20H15NOS2. The molecular weight excluding hydrogens is 334 g/mol. The molecule has 2 nitrogen and oxygen atoms in total. The molecule has 1 heterocycles. The second-order valence-corrected chi connectivity index (χ2v) is 8.89. The number of hydrogen-bond acceptors (Lipinski definition) is 3. The standard InChI is InChI=1S/C20H15NOS2/c22-24(18-12-5-2-6-13-18)20(23-17-10-3-1-4-11-17)15-16-9-7-8-14-19(16)21-24/h1-15H. The van der Waals surface area contributed by atoms with Gasteiger partial charge < -0.3 is 0 Å². The summed E-state index contributed by atoms with van der Waals surface area (Å²) in [6.07, 6.45) is 2.01. The second-order valence-electron chi connectivity index (χ2n) is 5.37. The van der Waals surface area contributed by atoms with Gasteiger partial charge in [-0.15, -0.1) is 0 Å². The molecule has 1 atom stereocenters. The molecule has 1 unspecified atom stereocenters. The second kappa shape index (κ2) is 6.30. The molecule has 0 aromatic heterocycles. The Morgan fingerprint density at radius 1 is 0.750 bits per heavy atom. The topological polar surface area (TPSA) is 29.4 Å². The van der Waals surface area contributed by atoms with Crippen LogP contribution in [0.5, 0.6) is 0 Å². The molecule has 3 aromatic carbocycles. The van der Waals surface area contributed by atoms with Gasteiger partial charge in [0.25, 0.3) is 0 Å². The van der Waals surface area contributed by atoms with Gasteiger partial charge in [0.05, 0.1) is 14.8 Å². The molecule has 0 amide bonds. The van der Waals surface area contributed by atoms with E-state index < -0.39 is 9.73 Å². The van der Waals surface area contributed by atoms with Crippen LogP contribution >= 0.6 is 11.8 Å². The Labute approximate surface area is 146 Å². The molecule has 0 spiro atoms. The molecule has 0 saturated carbocycles. The lowest BCUT2D eigenvalue weighted by Crippen LogP contribution is -2.05. The number of nitrogens with zero attached hydrogens (tertiary/aromatic N) is 1. The van der Waals surface area contributed by atoms with Crippen LogP contribution in [-0.4, -0.2) is 4.21 Å². The average Bonchev–Trinajstić information content (AvgIpc) is 2.64. The van der Waals surface area contributed by atoms with Crippen LogP contribution in [0.15, 0.2) is 103 Å². The molecule has 1 aliphatic rings. The quantitative estimate of drug-likeness (QED) is 0.585. The number of rotatable bonds is 3. The Balaban J connectivity index is 1.90. The van der Waals surface area contributed by atoms with Crippen LogP contribution in [0.25, 0.3) is 6.08 Å². The Bertz CT molecular complexity index is 1020. The summed E-state index contributed by atoms with van der Waals surface area (Å²) in [5, 5.41) is 0. The maximum absolute atomic E-state index is 13.8. The maximum atomic E-state index is 13.8. The zero-order valence-corrected chi connectivity index (χ0v) is 14.5. The molecule has 24 heavy (non-hydrogen) atoms. The van der Waals surface area contributed by atoms with E-state index in [4.69, 9.17) is 0 Å². The van der Waals surface area contributed by atoms with E-state index in [1.54, 1.807) is 0 Å². The molecule has 0 fully saturated rings. The summed E-state index contributed by atoms with van der Waals surface area (Å²) < 4.78 is 19.3. The molecule has 0 bridgehead atoms. The SMILES string of the molecule is O=S1(c2ccccc2)=Nc2ccccc2C=C1Sc1ccccc1. The Kier molecular flexibility index (Phi) is 4.00. The Hall–Kier alpha value is -2.30. The van der Waals surface area contributed by atoms with Crippen LogP contribution < -0.4 is 0 Å². The highest BCUT2D eigenvalue weighted by molar-refractivity contribution is 8.19. The van der Waals surface area contributed by atoms with Gasteiger partial charge in [-0.3, -0.25) is 0 Å². The molecule has 1 aliphatic heterocycles. The molecule has 4 rings (SSSR count). The average molecular weight is 349 g/mol. The predicted molar refractivity (Wildman–Crippen MR) is 102 cm³/mol. The number of fused-ring (bicyclic) bond motifs is 1. The van der Waals surface area contributed by atoms with E-state index in [0.717, 1.165) is 25.3 Å². The number of thioether (sulfide) groups is 1. The smallest absolute Gasteiger partial charge is 0.115 e. The van der Waals surface area contributed by atoms with Crippen molar-refractivity contribution in [2.75, 3.05) is 0 Å². The van der Waals surface area contributed by atoms with E-state index >= 15 is 0 Å². The van der Waals surface area contributed by atoms with Gasteiger partial charge in [0, 0.05) is 10.5 Å². The first kappa shape index (κ1) is 15.2. The van der Waals surface area contributed by atoms with E-state index in [1.165, 1.54) is 11.8 Å². The van der Waals surface area contributed by atoms with Crippen LogP contribution in [0.2, 0.25) is 0 Å².